The lowest BCUT2D eigenvalue weighted by atomic mass is 9.81. The number of carbonyl (C=O) groups is 1. The topological polar surface area (TPSA) is 44.8 Å². The van der Waals surface area contributed by atoms with Gasteiger partial charge in [-0.05, 0) is 35.4 Å². The van der Waals surface area contributed by atoms with Gasteiger partial charge in [-0.3, -0.25) is 4.79 Å². The summed E-state index contributed by atoms with van der Waals surface area (Å²) in [6.45, 7) is 0. The highest BCUT2D eigenvalue weighted by Crippen LogP contribution is 2.45. The van der Waals surface area contributed by atoms with E-state index in [1.54, 1.807) is 32.4 Å². The summed E-state index contributed by atoms with van der Waals surface area (Å²) in [6, 6.07) is 22.7. The highest BCUT2D eigenvalue weighted by atomic mass is 16.5. The van der Waals surface area contributed by atoms with E-state index in [0.717, 1.165) is 16.9 Å². The normalized spacial score (nSPS) is 18.4. The van der Waals surface area contributed by atoms with Crippen LogP contribution in [0.2, 0.25) is 0 Å². The molecule has 0 saturated heterocycles. The van der Waals surface area contributed by atoms with Gasteiger partial charge in [0.15, 0.2) is 5.78 Å². The molecule has 136 valence electrons. The van der Waals surface area contributed by atoms with Crippen LogP contribution in [-0.2, 0) is 0 Å². The summed E-state index contributed by atoms with van der Waals surface area (Å²) in [5, 5.41) is 0. The van der Waals surface area contributed by atoms with Gasteiger partial charge in [0.25, 0.3) is 0 Å². The van der Waals surface area contributed by atoms with Crippen molar-refractivity contribution >= 4 is 5.78 Å². The lowest BCUT2D eigenvalue weighted by Crippen LogP contribution is -2.30. The fourth-order valence-electron chi connectivity index (χ4n) is 3.48. The number of Topliss-reactive ketones (excluding diaryl/α,β-unsaturated/α-hetero) is 1. The fraction of sp³-hybridized carbons (Fsp3) is 0.174. The number of ether oxygens (including phenoxy) is 3. The Kier molecular flexibility index (Phi) is 4.55. The standard InChI is InChI=1S/C23H20O4/c1-25-17-10-8-15(9-11-17)21-22(24)19-13-12-18(26-2)14-20(19)27-23(21)16-6-4-3-5-7-16/h3-14,21,23H,1-2H3/t21-,23+/m0/s1. The van der Waals surface area contributed by atoms with E-state index in [9.17, 15) is 4.79 Å². The van der Waals surface area contributed by atoms with E-state index < -0.39 is 12.0 Å². The number of carbonyl (C=O) groups excluding carboxylic acids is 1. The van der Waals surface area contributed by atoms with E-state index in [1.165, 1.54) is 0 Å². The molecule has 0 amide bonds. The maximum absolute atomic E-state index is 13.4. The van der Waals surface area contributed by atoms with Gasteiger partial charge in [-0.2, -0.15) is 0 Å². The monoisotopic (exact) mass is 360 g/mol. The van der Waals surface area contributed by atoms with Gasteiger partial charge in [-0.15, -0.1) is 0 Å². The molecule has 0 unspecified atom stereocenters. The highest BCUT2D eigenvalue weighted by Gasteiger charge is 2.39. The van der Waals surface area contributed by atoms with Crippen LogP contribution in [0.5, 0.6) is 17.2 Å². The molecule has 1 aliphatic heterocycles. The summed E-state index contributed by atoms with van der Waals surface area (Å²) in [4.78, 5) is 13.4. The molecule has 1 heterocycles. The van der Waals surface area contributed by atoms with E-state index in [-0.39, 0.29) is 5.78 Å². The SMILES string of the molecule is COc1ccc([C@H]2C(=O)c3ccc(OC)cc3O[C@@H]2c2ccccc2)cc1. The Labute approximate surface area is 158 Å². The minimum Gasteiger partial charge on any atom is -0.497 e. The molecular weight excluding hydrogens is 340 g/mol. The molecule has 0 spiro atoms. The van der Waals surface area contributed by atoms with Crippen molar-refractivity contribution in [3.05, 3.63) is 89.5 Å². The summed E-state index contributed by atoms with van der Waals surface area (Å²) in [5.41, 5.74) is 2.43. The summed E-state index contributed by atoms with van der Waals surface area (Å²) >= 11 is 0. The van der Waals surface area contributed by atoms with Crippen molar-refractivity contribution < 1.29 is 19.0 Å². The molecule has 4 nitrogen and oxygen atoms in total. The van der Waals surface area contributed by atoms with Crippen LogP contribution in [0.4, 0.5) is 0 Å². The molecule has 2 atom stereocenters. The van der Waals surface area contributed by atoms with Gasteiger partial charge in [-0.1, -0.05) is 42.5 Å². The maximum Gasteiger partial charge on any atom is 0.178 e. The second kappa shape index (κ2) is 7.16. The Morgan fingerprint density at radius 1 is 0.778 bits per heavy atom. The van der Waals surface area contributed by atoms with Gasteiger partial charge in [0.2, 0.25) is 0 Å². The Hall–Kier alpha value is -3.27. The third kappa shape index (κ3) is 3.14. The predicted molar refractivity (Wildman–Crippen MR) is 103 cm³/mol. The van der Waals surface area contributed by atoms with E-state index in [0.29, 0.717) is 17.1 Å². The van der Waals surface area contributed by atoms with Crippen molar-refractivity contribution in [2.24, 2.45) is 0 Å². The molecule has 4 rings (SSSR count). The van der Waals surface area contributed by atoms with E-state index in [1.807, 2.05) is 54.6 Å². The van der Waals surface area contributed by atoms with Gasteiger partial charge >= 0.3 is 0 Å². The van der Waals surface area contributed by atoms with Crippen LogP contribution in [0.15, 0.2) is 72.8 Å². The number of fused-ring (bicyclic) bond motifs is 1. The number of hydrogen-bond donors (Lipinski definition) is 0. The highest BCUT2D eigenvalue weighted by molar-refractivity contribution is 6.04. The number of benzene rings is 3. The van der Waals surface area contributed by atoms with Crippen molar-refractivity contribution in [2.45, 2.75) is 12.0 Å². The largest absolute Gasteiger partial charge is 0.497 e. The smallest absolute Gasteiger partial charge is 0.178 e. The van der Waals surface area contributed by atoms with Crippen LogP contribution in [-0.4, -0.2) is 20.0 Å². The number of rotatable bonds is 4. The van der Waals surface area contributed by atoms with Crippen molar-refractivity contribution in [1.29, 1.82) is 0 Å². The summed E-state index contributed by atoms with van der Waals surface area (Å²) in [7, 11) is 3.22. The van der Waals surface area contributed by atoms with E-state index in [4.69, 9.17) is 14.2 Å². The minimum atomic E-state index is -0.431. The van der Waals surface area contributed by atoms with Crippen LogP contribution < -0.4 is 14.2 Å². The molecule has 3 aromatic carbocycles. The molecule has 3 aromatic rings. The van der Waals surface area contributed by atoms with E-state index >= 15 is 0 Å². The zero-order valence-corrected chi connectivity index (χ0v) is 15.2. The summed E-state index contributed by atoms with van der Waals surface area (Å²) in [5.74, 6) is 1.58. The lowest BCUT2D eigenvalue weighted by Gasteiger charge is -2.33. The fourth-order valence-corrected chi connectivity index (χ4v) is 3.48. The molecule has 27 heavy (non-hydrogen) atoms. The second-order valence-corrected chi connectivity index (χ2v) is 6.43. The number of hydrogen-bond acceptors (Lipinski definition) is 4. The average molecular weight is 360 g/mol. The van der Waals surface area contributed by atoms with Gasteiger partial charge in [0.1, 0.15) is 23.4 Å². The quantitative estimate of drug-likeness (QED) is 0.670. The first kappa shape index (κ1) is 17.2. The van der Waals surface area contributed by atoms with Gasteiger partial charge < -0.3 is 14.2 Å². The van der Waals surface area contributed by atoms with Crippen molar-refractivity contribution in [3.8, 4) is 17.2 Å². The second-order valence-electron chi connectivity index (χ2n) is 6.43. The molecular formula is C23H20O4. The Balaban J connectivity index is 1.83. The molecule has 4 heteroatoms. The molecule has 1 aliphatic rings. The Morgan fingerprint density at radius 2 is 1.44 bits per heavy atom. The van der Waals surface area contributed by atoms with Gasteiger partial charge in [0.05, 0.1) is 25.7 Å². The maximum atomic E-state index is 13.4. The van der Waals surface area contributed by atoms with Crippen LogP contribution in [0.25, 0.3) is 0 Å². The lowest BCUT2D eigenvalue weighted by molar-refractivity contribution is 0.0781. The number of ketones is 1. The molecule has 0 aliphatic carbocycles. The van der Waals surface area contributed by atoms with Crippen molar-refractivity contribution in [3.63, 3.8) is 0 Å². The first-order valence-corrected chi connectivity index (χ1v) is 8.79. The molecule has 0 bridgehead atoms. The Morgan fingerprint density at radius 3 is 2.11 bits per heavy atom. The first-order valence-electron chi connectivity index (χ1n) is 8.79. The first-order chi connectivity index (χ1) is 13.2. The molecule has 0 radical (unpaired) electrons. The predicted octanol–water partition coefficient (Wildman–Crippen LogP) is 4.80. The van der Waals surface area contributed by atoms with Crippen LogP contribution in [0.3, 0.4) is 0 Å². The number of methoxy groups -OCH3 is 2. The molecule has 0 N–H and O–H groups in total. The van der Waals surface area contributed by atoms with Crippen molar-refractivity contribution in [2.75, 3.05) is 14.2 Å². The molecule has 0 saturated carbocycles. The molecule has 0 aromatic heterocycles. The minimum absolute atomic E-state index is 0.0397. The van der Waals surface area contributed by atoms with E-state index in [2.05, 4.69) is 0 Å². The average Bonchev–Trinajstić information content (AvgIpc) is 2.74. The molecule has 0 fully saturated rings. The van der Waals surface area contributed by atoms with Crippen LogP contribution in [0.1, 0.15) is 33.5 Å². The van der Waals surface area contributed by atoms with Gasteiger partial charge in [-0.25, -0.2) is 0 Å². The summed E-state index contributed by atoms with van der Waals surface area (Å²) in [6.07, 6.45) is -0.410. The van der Waals surface area contributed by atoms with Crippen molar-refractivity contribution in [1.82, 2.24) is 0 Å². The summed E-state index contributed by atoms with van der Waals surface area (Å²) < 4.78 is 16.9. The zero-order valence-electron chi connectivity index (χ0n) is 15.2. The van der Waals surface area contributed by atoms with Gasteiger partial charge in [0, 0.05) is 6.07 Å². The third-order valence-electron chi connectivity index (χ3n) is 4.90. The third-order valence-corrected chi connectivity index (χ3v) is 4.90. The van der Waals surface area contributed by atoms with Crippen LogP contribution >= 0.6 is 0 Å². The Bertz CT molecular complexity index is 948. The van der Waals surface area contributed by atoms with Crippen LogP contribution in [0, 0.1) is 0 Å². The zero-order chi connectivity index (χ0) is 18.8.